The Labute approximate surface area is 222 Å². The van der Waals surface area contributed by atoms with Crippen LogP contribution in [-0.4, -0.2) is 34.6 Å². The van der Waals surface area contributed by atoms with E-state index in [1.807, 2.05) is 79.1 Å². The van der Waals surface area contributed by atoms with Crippen molar-refractivity contribution in [2.24, 2.45) is 0 Å². The lowest BCUT2D eigenvalue weighted by Crippen LogP contribution is -2.33. The Kier molecular flexibility index (Phi) is 8.41. The molecule has 0 fully saturated rings. The molecule has 4 aromatic rings. The number of imidazole rings is 1. The number of aryl methyl sites for hydroxylation is 1. The highest BCUT2D eigenvalue weighted by atomic mass is 35.5. The molecule has 0 saturated heterocycles. The first kappa shape index (κ1) is 26.6. The van der Waals surface area contributed by atoms with Crippen molar-refractivity contribution in [2.45, 2.75) is 39.7 Å². The van der Waals surface area contributed by atoms with Gasteiger partial charge in [-0.2, -0.15) is 0 Å². The van der Waals surface area contributed by atoms with Gasteiger partial charge >= 0.3 is 0 Å². The number of pyridine rings is 1. The molecular weight excluding hydrogens is 508 g/mol. The molecule has 2 aromatic carbocycles. The second kappa shape index (κ2) is 11.7. The largest absolute Gasteiger partial charge is 0.308 e. The van der Waals surface area contributed by atoms with Crippen molar-refractivity contribution in [3.8, 4) is 0 Å². The summed E-state index contributed by atoms with van der Waals surface area (Å²) >= 11 is 6.62. The van der Waals surface area contributed by atoms with Gasteiger partial charge in [0, 0.05) is 5.02 Å². The first-order valence-electron chi connectivity index (χ1n) is 12.2. The number of nitrogens with one attached hydrogen (secondary N) is 1. The van der Waals surface area contributed by atoms with E-state index in [2.05, 4.69) is 14.7 Å². The van der Waals surface area contributed by atoms with E-state index in [4.69, 9.17) is 11.6 Å². The van der Waals surface area contributed by atoms with Crippen LogP contribution >= 0.6 is 11.6 Å². The van der Waals surface area contributed by atoms with Crippen LogP contribution in [0.3, 0.4) is 0 Å². The van der Waals surface area contributed by atoms with Crippen molar-refractivity contribution in [1.82, 2.24) is 19.3 Å². The molecule has 0 aliphatic rings. The third-order valence-corrected chi connectivity index (χ3v) is 7.63. The van der Waals surface area contributed by atoms with Crippen molar-refractivity contribution < 1.29 is 13.2 Å². The van der Waals surface area contributed by atoms with Crippen LogP contribution in [0.2, 0.25) is 5.02 Å². The minimum atomic E-state index is -3.73. The van der Waals surface area contributed by atoms with Gasteiger partial charge in [-0.15, -0.1) is 0 Å². The van der Waals surface area contributed by atoms with Gasteiger partial charge in [0.2, 0.25) is 10.0 Å². The third kappa shape index (κ3) is 6.84. The van der Waals surface area contributed by atoms with Gasteiger partial charge in [0.1, 0.15) is 17.0 Å². The van der Waals surface area contributed by atoms with Crippen LogP contribution in [0, 0.1) is 6.92 Å². The normalized spacial score (nSPS) is 11.9. The topological polar surface area (TPSA) is 94.0 Å². The number of aromatic nitrogens is 3. The quantitative estimate of drug-likeness (QED) is 0.202. The van der Waals surface area contributed by atoms with Gasteiger partial charge in [0.05, 0.1) is 12.3 Å². The lowest BCUT2D eigenvalue weighted by atomic mass is 10.1. The summed E-state index contributed by atoms with van der Waals surface area (Å²) < 4.78 is 28.5. The van der Waals surface area contributed by atoms with Crippen molar-refractivity contribution in [3.05, 3.63) is 93.9 Å². The van der Waals surface area contributed by atoms with Crippen molar-refractivity contribution in [3.63, 3.8) is 0 Å². The predicted molar refractivity (Wildman–Crippen MR) is 149 cm³/mol. The molecule has 2 aromatic heterocycles. The molecule has 1 N–H and O–H groups in total. The zero-order valence-electron chi connectivity index (χ0n) is 20.8. The summed E-state index contributed by atoms with van der Waals surface area (Å²) in [5, 5.41) is 0.600. The molecular formula is C28H29ClN4O3S. The van der Waals surface area contributed by atoms with Crippen LogP contribution in [0.25, 0.3) is 23.3 Å². The molecule has 192 valence electrons. The molecule has 7 nitrogen and oxygen atoms in total. The lowest BCUT2D eigenvalue weighted by molar-refractivity contribution is 0.0977. The molecule has 2 heterocycles. The molecule has 0 saturated carbocycles. The number of halogens is 1. The second-order valence-electron chi connectivity index (χ2n) is 8.84. The highest BCUT2D eigenvalue weighted by Crippen LogP contribution is 2.23. The molecule has 0 aliphatic carbocycles. The number of unbranched alkanes of at least 4 members (excludes halogenated alkanes) is 2. The van der Waals surface area contributed by atoms with Gasteiger partial charge in [0.25, 0.3) is 5.91 Å². The second-order valence-corrected chi connectivity index (χ2v) is 11.1. The number of amides is 1. The molecule has 0 aliphatic heterocycles. The highest BCUT2D eigenvalue weighted by Gasteiger charge is 2.19. The minimum absolute atomic E-state index is 0.0141. The van der Waals surface area contributed by atoms with Crippen LogP contribution in [0.1, 0.15) is 59.2 Å². The summed E-state index contributed by atoms with van der Waals surface area (Å²) in [7, 11) is -3.73. The van der Waals surface area contributed by atoms with Crippen LogP contribution in [-0.2, 0) is 16.6 Å². The van der Waals surface area contributed by atoms with E-state index in [1.54, 1.807) is 6.07 Å². The van der Waals surface area contributed by atoms with Crippen molar-refractivity contribution >= 4 is 50.8 Å². The van der Waals surface area contributed by atoms with E-state index in [-0.39, 0.29) is 11.4 Å². The Morgan fingerprint density at radius 1 is 1.00 bits per heavy atom. The number of hydrogen-bond acceptors (Lipinski definition) is 5. The number of sulfonamides is 1. The summed E-state index contributed by atoms with van der Waals surface area (Å²) in [6, 6.07) is 19.0. The number of carbonyl (C=O) groups excluding carboxylic acids is 1. The fourth-order valence-corrected chi connectivity index (χ4v) is 5.26. The number of hydrogen-bond donors (Lipinski definition) is 1. The first-order chi connectivity index (χ1) is 17.8. The number of benzene rings is 2. The van der Waals surface area contributed by atoms with Crippen molar-refractivity contribution in [1.29, 1.82) is 0 Å². The Morgan fingerprint density at radius 2 is 1.76 bits per heavy atom. The predicted octanol–water partition coefficient (Wildman–Crippen LogP) is 5.86. The molecule has 1 amide bonds. The Morgan fingerprint density at radius 3 is 2.49 bits per heavy atom. The summed E-state index contributed by atoms with van der Waals surface area (Å²) in [6.45, 7) is 4.24. The van der Waals surface area contributed by atoms with E-state index in [0.29, 0.717) is 35.0 Å². The first-order valence-corrected chi connectivity index (χ1v) is 14.2. The lowest BCUT2D eigenvalue weighted by Gasteiger charge is -2.10. The Balaban J connectivity index is 1.54. The summed E-state index contributed by atoms with van der Waals surface area (Å²) in [5.41, 5.74) is 4.05. The average Bonchev–Trinajstić information content (AvgIpc) is 3.18. The van der Waals surface area contributed by atoms with E-state index < -0.39 is 15.9 Å². The zero-order chi connectivity index (χ0) is 26.4. The van der Waals surface area contributed by atoms with Gasteiger partial charge in [-0.25, -0.2) is 23.1 Å². The maximum atomic E-state index is 12.7. The van der Waals surface area contributed by atoms with Crippen LogP contribution in [0.4, 0.5) is 0 Å². The fourth-order valence-electron chi connectivity index (χ4n) is 3.94. The summed E-state index contributed by atoms with van der Waals surface area (Å²) in [6.07, 6.45) is 6.21. The van der Waals surface area contributed by atoms with Gasteiger partial charge in [-0.1, -0.05) is 86.0 Å². The molecule has 9 heteroatoms. The molecule has 0 atom stereocenters. The van der Waals surface area contributed by atoms with Gasteiger partial charge in [-0.3, -0.25) is 4.79 Å². The molecule has 0 unspecified atom stereocenters. The molecule has 0 bridgehead atoms. The fraction of sp³-hybridized carbons (Fsp3) is 0.250. The highest BCUT2D eigenvalue weighted by molar-refractivity contribution is 7.90. The van der Waals surface area contributed by atoms with Crippen LogP contribution < -0.4 is 4.72 Å². The standard InChI is InChI=1S/C28H29ClN4O3S/c1-3-4-8-17-37(35,36)32-28(34)26-16-15-25-27(31-26)33(20(2)30-25)19-23-14-13-22(18-24(23)29)12-11-21-9-6-5-7-10-21/h5-7,9-16,18H,3-4,8,17,19H2,1-2H3,(H,32,34). The third-order valence-electron chi connectivity index (χ3n) is 5.95. The Hall–Kier alpha value is -3.49. The van der Waals surface area contributed by atoms with Crippen LogP contribution in [0.5, 0.6) is 0 Å². The number of rotatable bonds is 10. The number of carbonyl (C=O) groups is 1. The molecule has 0 spiro atoms. The van der Waals surface area contributed by atoms with Crippen molar-refractivity contribution in [2.75, 3.05) is 5.75 Å². The minimum Gasteiger partial charge on any atom is -0.308 e. The number of nitrogens with zero attached hydrogens (tertiary/aromatic N) is 3. The smallest absolute Gasteiger partial charge is 0.283 e. The Bertz CT molecular complexity index is 1550. The average molecular weight is 537 g/mol. The van der Waals surface area contributed by atoms with E-state index in [0.717, 1.165) is 29.5 Å². The number of fused-ring (bicyclic) bond motifs is 1. The van der Waals surface area contributed by atoms with Gasteiger partial charge in [-0.05, 0) is 48.2 Å². The maximum Gasteiger partial charge on any atom is 0.283 e. The summed E-state index contributed by atoms with van der Waals surface area (Å²) in [4.78, 5) is 21.7. The van der Waals surface area contributed by atoms with Crippen LogP contribution in [0.15, 0.2) is 60.7 Å². The molecule has 37 heavy (non-hydrogen) atoms. The monoisotopic (exact) mass is 536 g/mol. The van der Waals surface area contributed by atoms with Gasteiger partial charge in [0.15, 0.2) is 5.65 Å². The van der Waals surface area contributed by atoms with Gasteiger partial charge < -0.3 is 4.57 Å². The van der Waals surface area contributed by atoms with E-state index in [9.17, 15) is 13.2 Å². The van der Waals surface area contributed by atoms with E-state index in [1.165, 1.54) is 6.07 Å². The SMILES string of the molecule is CCCCCS(=O)(=O)NC(=O)c1ccc2nc(C)n(Cc3ccc(C=Cc4ccccc4)cc3Cl)c2n1. The molecule has 4 rings (SSSR count). The summed E-state index contributed by atoms with van der Waals surface area (Å²) in [5.74, 6) is -0.145. The zero-order valence-corrected chi connectivity index (χ0v) is 22.4. The molecule has 0 radical (unpaired) electrons. The van der Waals surface area contributed by atoms with E-state index >= 15 is 0 Å². The maximum absolute atomic E-state index is 12.7.